The largest absolute Gasteiger partial charge is 0.364 e. The van der Waals surface area contributed by atoms with E-state index in [1.54, 1.807) is 0 Å². The van der Waals surface area contributed by atoms with E-state index in [1.807, 2.05) is 0 Å². The van der Waals surface area contributed by atoms with Crippen molar-refractivity contribution >= 4 is 80.8 Å². The Morgan fingerprint density at radius 3 is 1.74 bits per heavy atom. The van der Waals surface area contributed by atoms with Gasteiger partial charge in [-0.3, -0.25) is 20.2 Å². The average molecular weight is 475 g/mol. The number of hydrogen-bond acceptors (Lipinski definition) is 6. The minimum Gasteiger partial charge on any atom is -0.364 e. The number of nitrogens with zero attached hydrogens (tertiary/aromatic N) is 2. The molecule has 2 aromatic rings. The van der Waals surface area contributed by atoms with E-state index >= 15 is 0 Å². The van der Waals surface area contributed by atoms with Crippen LogP contribution in [0.5, 0.6) is 0 Å². The molecule has 2 N–H and O–H groups in total. The van der Waals surface area contributed by atoms with Crippen molar-refractivity contribution in [2.24, 2.45) is 0 Å². The number of hydrogen-bond donors (Lipinski definition) is 2. The second-order valence-corrected chi connectivity index (χ2v) is 7.73. The van der Waals surface area contributed by atoms with Crippen LogP contribution in [-0.4, -0.2) is 19.8 Å². The first-order valence-electron chi connectivity index (χ1n) is 6.96. The van der Waals surface area contributed by atoms with Crippen molar-refractivity contribution in [1.29, 1.82) is 0 Å². The van der Waals surface area contributed by atoms with E-state index in [1.165, 1.54) is 24.3 Å². The zero-order valence-corrected chi connectivity index (χ0v) is 16.7. The fourth-order valence-electron chi connectivity index (χ4n) is 1.92. The van der Waals surface area contributed by atoms with Gasteiger partial charge in [-0.1, -0.05) is 58.0 Å². The first-order chi connectivity index (χ1) is 12.5. The van der Waals surface area contributed by atoms with Gasteiger partial charge in [-0.05, 0) is 12.1 Å². The van der Waals surface area contributed by atoms with Gasteiger partial charge in [-0.2, -0.15) is 0 Å². The third-order valence-electron chi connectivity index (χ3n) is 3.23. The molecule has 144 valence electrons. The third-order valence-corrected chi connectivity index (χ3v) is 5.14. The van der Waals surface area contributed by atoms with Gasteiger partial charge in [0.2, 0.25) is 4.46 Å². The number of nitro groups is 2. The number of nitro benzene ring substituents is 2. The summed E-state index contributed by atoms with van der Waals surface area (Å²) in [4.78, 5) is 20.3. The van der Waals surface area contributed by atoms with Crippen molar-refractivity contribution in [1.82, 2.24) is 0 Å². The summed E-state index contributed by atoms with van der Waals surface area (Å²) in [6, 6.07) is 7.36. The smallest absolute Gasteiger partial charge is 0.271 e. The molecule has 0 amide bonds. The lowest BCUT2D eigenvalue weighted by atomic mass is 10.2. The first-order valence-corrected chi connectivity index (χ1v) is 8.90. The molecular weight excluding hydrogens is 465 g/mol. The highest BCUT2D eigenvalue weighted by Gasteiger charge is 2.35. The highest BCUT2D eigenvalue weighted by molar-refractivity contribution is 6.53. The summed E-state index contributed by atoms with van der Waals surface area (Å²) in [7, 11) is 0. The molecule has 0 aliphatic carbocycles. The maximum Gasteiger partial charge on any atom is 0.271 e. The monoisotopic (exact) mass is 472 g/mol. The van der Waals surface area contributed by atoms with Crippen LogP contribution in [0.4, 0.5) is 22.7 Å². The summed E-state index contributed by atoms with van der Waals surface area (Å²) in [5, 5.41) is 26.9. The van der Waals surface area contributed by atoms with Crippen LogP contribution in [0.3, 0.4) is 0 Å². The quantitative estimate of drug-likeness (QED) is 0.219. The number of nitrogens with one attached hydrogen (secondary N) is 2. The van der Waals surface area contributed by atoms with Crippen molar-refractivity contribution in [3.8, 4) is 0 Å². The van der Waals surface area contributed by atoms with Crippen LogP contribution in [0.15, 0.2) is 36.4 Å². The van der Waals surface area contributed by atoms with Gasteiger partial charge in [0, 0.05) is 24.3 Å². The van der Waals surface area contributed by atoms with E-state index in [0.29, 0.717) is 0 Å². The summed E-state index contributed by atoms with van der Waals surface area (Å²) in [5.74, 6) is 0. The Morgan fingerprint density at radius 2 is 1.33 bits per heavy atom. The van der Waals surface area contributed by atoms with Gasteiger partial charge < -0.3 is 10.6 Å². The molecule has 0 heterocycles. The molecular formula is C14H9Cl5N4O4. The Labute approximate surface area is 177 Å². The number of alkyl halides is 3. The lowest BCUT2D eigenvalue weighted by molar-refractivity contribution is -0.385. The number of benzene rings is 2. The number of rotatable bonds is 7. The SMILES string of the molecule is O=[N+]([O-])c1ccc(NC(Cl)C(Cl)(Cl)Nc2ccc([N+](=O)[O-])cc2Cl)c(Cl)c1. The predicted molar refractivity (Wildman–Crippen MR) is 108 cm³/mol. The Balaban J connectivity index is 2.16. The Bertz CT molecular complexity index is 896. The summed E-state index contributed by atoms with van der Waals surface area (Å²) < 4.78 is -1.83. The van der Waals surface area contributed by atoms with Crippen LogP contribution < -0.4 is 10.6 Å². The second kappa shape index (κ2) is 8.53. The van der Waals surface area contributed by atoms with Crippen LogP contribution in [0, 0.1) is 20.2 Å². The number of non-ortho nitro benzene ring substituents is 2. The Hall–Kier alpha value is -1.71. The van der Waals surface area contributed by atoms with Crippen molar-refractivity contribution in [3.05, 3.63) is 66.7 Å². The minimum absolute atomic E-state index is 0.00658. The van der Waals surface area contributed by atoms with Crippen molar-refractivity contribution in [2.75, 3.05) is 10.6 Å². The highest BCUT2D eigenvalue weighted by atomic mass is 35.5. The molecule has 8 nitrogen and oxygen atoms in total. The lowest BCUT2D eigenvalue weighted by Crippen LogP contribution is -2.40. The zero-order chi connectivity index (χ0) is 20.4. The normalized spacial score (nSPS) is 12.3. The Morgan fingerprint density at radius 1 is 0.889 bits per heavy atom. The lowest BCUT2D eigenvalue weighted by Gasteiger charge is -2.29. The molecule has 0 fully saturated rings. The fourth-order valence-corrected chi connectivity index (χ4v) is 2.86. The predicted octanol–water partition coefficient (Wildman–Crippen LogP) is 6.03. The number of anilines is 2. The average Bonchev–Trinajstić information content (AvgIpc) is 2.57. The van der Waals surface area contributed by atoms with Crippen molar-refractivity contribution in [2.45, 2.75) is 9.96 Å². The van der Waals surface area contributed by atoms with Crippen molar-refractivity contribution in [3.63, 3.8) is 0 Å². The standard InChI is InChI=1S/C14H9Cl5N4O4/c15-9-5-7(22(24)25)1-3-11(9)20-13(17)14(18,19)21-12-4-2-8(23(26)27)6-10(12)16/h1-6,13,20-21H. The molecule has 27 heavy (non-hydrogen) atoms. The molecule has 2 aromatic carbocycles. The zero-order valence-electron chi connectivity index (χ0n) is 13.0. The molecule has 1 atom stereocenters. The molecule has 0 radical (unpaired) electrons. The van der Waals surface area contributed by atoms with Crippen LogP contribution in [0.25, 0.3) is 0 Å². The molecule has 0 bridgehead atoms. The fraction of sp³-hybridized carbons (Fsp3) is 0.143. The van der Waals surface area contributed by atoms with Crippen LogP contribution in [0.2, 0.25) is 10.0 Å². The summed E-state index contributed by atoms with van der Waals surface area (Å²) in [5.41, 5.74) is -1.13. The van der Waals surface area contributed by atoms with Crippen LogP contribution in [-0.2, 0) is 0 Å². The van der Waals surface area contributed by atoms with Crippen LogP contribution >= 0.6 is 58.0 Å². The second-order valence-electron chi connectivity index (χ2n) is 5.10. The molecule has 0 aromatic heterocycles. The molecule has 1 unspecified atom stereocenters. The maximum atomic E-state index is 10.7. The minimum atomic E-state index is -1.83. The van der Waals surface area contributed by atoms with Gasteiger partial charge in [-0.15, -0.1) is 0 Å². The third kappa shape index (κ3) is 5.40. The van der Waals surface area contributed by atoms with Gasteiger partial charge in [0.1, 0.15) is 0 Å². The van der Waals surface area contributed by atoms with E-state index in [0.717, 1.165) is 12.1 Å². The highest BCUT2D eigenvalue weighted by Crippen LogP contribution is 2.37. The molecule has 0 saturated carbocycles. The molecule has 13 heteroatoms. The summed E-state index contributed by atoms with van der Waals surface area (Å²) in [6.07, 6.45) is 0. The van der Waals surface area contributed by atoms with Gasteiger partial charge in [0.25, 0.3) is 11.4 Å². The van der Waals surface area contributed by atoms with E-state index < -0.39 is 19.8 Å². The molecule has 2 rings (SSSR count). The molecule has 0 saturated heterocycles. The topological polar surface area (TPSA) is 110 Å². The van der Waals surface area contributed by atoms with Crippen LogP contribution in [0.1, 0.15) is 0 Å². The van der Waals surface area contributed by atoms with E-state index in [4.69, 9.17) is 58.0 Å². The maximum absolute atomic E-state index is 10.7. The van der Waals surface area contributed by atoms with E-state index in [9.17, 15) is 20.2 Å². The van der Waals surface area contributed by atoms with Crippen molar-refractivity contribution < 1.29 is 9.85 Å². The first kappa shape index (κ1) is 21.6. The summed E-state index contributed by atoms with van der Waals surface area (Å²) in [6.45, 7) is 0. The Kier molecular flexibility index (Phi) is 6.82. The van der Waals surface area contributed by atoms with Gasteiger partial charge >= 0.3 is 0 Å². The van der Waals surface area contributed by atoms with Gasteiger partial charge in [0.05, 0.1) is 31.3 Å². The van der Waals surface area contributed by atoms with E-state index in [-0.39, 0.29) is 32.8 Å². The van der Waals surface area contributed by atoms with Gasteiger partial charge in [0.15, 0.2) is 5.50 Å². The van der Waals surface area contributed by atoms with E-state index in [2.05, 4.69) is 10.6 Å². The summed E-state index contributed by atoms with van der Waals surface area (Å²) >= 11 is 30.5. The number of halogens is 5. The van der Waals surface area contributed by atoms with Gasteiger partial charge in [-0.25, -0.2) is 0 Å². The molecule has 0 aliphatic rings. The molecule has 0 aliphatic heterocycles. The molecule has 0 spiro atoms.